The normalized spacial score (nSPS) is 24.3. The molecule has 1 amide bonds. The Balaban J connectivity index is 1.29. The maximum Gasteiger partial charge on any atom is 0.224 e. The highest BCUT2D eigenvalue weighted by molar-refractivity contribution is 6.30. The van der Waals surface area contributed by atoms with E-state index in [1.807, 2.05) is 24.3 Å². The van der Waals surface area contributed by atoms with E-state index in [0.717, 1.165) is 18.5 Å². The maximum atomic E-state index is 12.3. The molecule has 2 saturated heterocycles. The molecule has 2 N–H and O–H groups in total. The predicted octanol–water partition coefficient (Wildman–Crippen LogP) is 4.39. The van der Waals surface area contributed by atoms with Crippen LogP contribution in [0.3, 0.4) is 0 Å². The summed E-state index contributed by atoms with van der Waals surface area (Å²) in [6, 6.07) is 12.0. The van der Waals surface area contributed by atoms with Crippen molar-refractivity contribution in [1.29, 1.82) is 0 Å². The number of carbonyl (C=O) groups is 1. The van der Waals surface area contributed by atoms with Crippen LogP contribution in [0.4, 0.5) is 5.69 Å². The lowest BCUT2D eigenvalue weighted by Crippen LogP contribution is -2.39. The Morgan fingerprint density at radius 3 is 2.54 bits per heavy atom. The summed E-state index contributed by atoms with van der Waals surface area (Å²) in [5, 5.41) is 7.17. The number of benzene rings is 1. The van der Waals surface area contributed by atoms with E-state index in [1.54, 1.807) is 18.3 Å². The van der Waals surface area contributed by atoms with Crippen LogP contribution in [0.25, 0.3) is 0 Å². The molecule has 4 rings (SSSR count). The molecule has 0 aliphatic carbocycles. The third-order valence-corrected chi connectivity index (χ3v) is 5.33. The average molecular weight is 372 g/mol. The number of hydrogen-bond donors (Lipinski definition) is 2. The average Bonchev–Trinajstić information content (AvgIpc) is 2.97. The van der Waals surface area contributed by atoms with Crippen molar-refractivity contribution in [2.75, 3.05) is 5.32 Å². The quantitative estimate of drug-likeness (QED) is 0.818. The minimum atomic E-state index is 0.0873. The topological polar surface area (TPSA) is 63.2 Å². The summed E-state index contributed by atoms with van der Waals surface area (Å²) in [5.41, 5.74) is 0.781. The first kappa shape index (κ1) is 17.3. The number of carbonyl (C=O) groups excluding carboxylic acids is 1. The maximum absolute atomic E-state index is 12.3. The Morgan fingerprint density at radius 1 is 1.15 bits per heavy atom. The second kappa shape index (κ2) is 7.64. The molecular weight excluding hydrogens is 350 g/mol. The smallest absolute Gasteiger partial charge is 0.224 e. The van der Waals surface area contributed by atoms with Gasteiger partial charge in [0.1, 0.15) is 5.75 Å². The minimum absolute atomic E-state index is 0.0873. The number of piperidine rings is 1. The number of rotatable bonds is 5. The fraction of sp³-hybridized carbons (Fsp3) is 0.400. The molecule has 1 aromatic heterocycles. The van der Waals surface area contributed by atoms with Crippen LogP contribution in [-0.2, 0) is 4.79 Å². The number of pyridine rings is 1. The summed E-state index contributed by atoms with van der Waals surface area (Å²) in [6.07, 6.45) is 6.88. The van der Waals surface area contributed by atoms with Gasteiger partial charge in [0.2, 0.25) is 11.8 Å². The summed E-state index contributed by atoms with van der Waals surface area (Å²) in [4.78, 5) is 16.4. The van der Waals surface area contributed by atoms with Crippen LogP contribution >= 0.6 is 11.6 Å². The zero-order chi connectivity index (χ0) is 17.9. The lowest BCUT2D eigenvalue weighted by Gasteiger charge is -2.28. The van der Waals surface area contributed by atoms with Crippen molar-refractivity contribution in [3.8, 4) is 11.6 Å². The van der Waals surface area contributed by atoms with Crippen LogP contribution in [0, 0.1) is 5.92 Å². The number of hydrogen-bond acceptors (Lipinski definition) is 4. The number of ether oxygens (including phenoxy) is 1. The highest BCUT2D eigenvalue weighted by Gasteiger charge is 2.34. The standard InChI is InChI=1S/C20H22ClN3O2/c21-14-1-8-20(22-12-14)26-18-6-4-15(5-7-18)24-19(25)11-13-9-16-2-3-17(10-13)23-16/h1,4-8,12-13,16-17,23H,2-3,9-11H2,(H,24,25). The molecule has 5 nitrogen and oxygen atoms in total. The third-order valence-electron chi connectivity index (χ3n) is 5.11. The van der Waals surface area contributed by atoms with Crippen LogP contribution in [0.1, 0.15) is 32.1 Å². The van der Waals surface area contributed by atoms with Gasteiger partial charge in [0.05, 0.1) is 5.02 Å². The SMILES string of the molecule is O=C(CC1CC2CCC(C1)N2)Nc1ccc(Oc2ccc(Cl)cn2)cc1. The zero-order valence-electron chi connectivity index (χ0n) is 14.5. The van der Waals surface area contributed by atoms with Crippen molar-refractivity contribution < 1.29 is 9.53 Å². The Morgan fingerprint density at radius 2 is 1.88 bits per heavy atom. The first-order chi connectivity index (χ1) is 12.6. The van der Waals surface area contributed by atoms with E-state index in [0.29, 0.717) is 41.1 Å². The largest absolute Gasteiger partial charge is 0.439 e. The Labute approximate surface area is 158 Å². The van der Waals surface area contributed by atoms with Crippen molar-refractivity contribution in [3.63, 3.8) is 0 Å². The number of nitrogens with zero attached hydrogens (tertiary/aromatic N) is 1. The molecule has 1 aromatic carbocycles. The number of nitrogens with one attached hydrogen (secondary N) is 2. The van der Waals surface area contributed by atoms with Gasteiger partial charge in [-0.3, -0.25) is 4.79 Å². The van der Waals surface area contributed by atoms with Crippen molar-refractivity contribution in [3.05, 3.63) is 47.6 Å². The number of fused-ring (bicyclic) bond motifs is 2. The summed E-state index contributed by atoms with van der Waals surface area (Å²) in [7, 11) is 0. The summed E-state index contributed by atoms with van der Waals surface area (Å²) < 4.78 is 5.66. The molecule has 2 bridgehead atoms. The number of anilines is 1. The summed E-state index contributed by atoms with van der Waals surface area (Å²) in [5.74, 6) is 1.72. The van der Waals surface area contributed by atoms with E-state index in [1.165, 1.54) is 12.8 Å². The highest BCUT2D eigenvalue weighted by atomic mass is 35.5. The van der Waals surface area contributed by atoms with Gasteiger partial charge in [-0.25, -0.2) is 4.98 Å². The third kappa shape index (κ3) is 4.34. The predicted molar refractivity (Wildman–Crippen MR) is 102 cm³/mol. The molecule has 0 radical (unpaired) electrons. The Hall–Kier alpha value is -2.11. The molecule has 0 spiro atoms. The number of amides is 1. The lowest BCUT2D eigenvalue weighted by molar-refractivity contribution is -0.117. The van der Waals surface area contributed by atoms with E-state index >= 15 is 0 Å². The van der Waals surface area contributed by atoms with Crippen molar-refractivity contribution in [2.45, 2.75) is 44.2 Å². The molecule has 3 heterocycles. The van der Waals surface area contributed by atoms with E-state index in [-0.39, 0.29) is 5.91 Å². The van der Waals surface area contributed by atoms with Gasteiger partial charge in [-0.05, 0) is 61.9 Å². The van der Waals surface area contributed by atoms with Crippen LogP contribution in [0.5, 0.6) is 11.6 Å². The summed E-state index contributed by atoms with van der Waals surface area (Å²) in [6.45, 7) is 0. The molecule has 2 fully saturated rings. The lowest BCUT2D eigenvalue weighted by atomic mass is 9.89. The van der Waals surface area contributed by atoms with E-state index < -0.39 is 0 Å². The first-order valence-electron chi connectivity index (χ1n) is 9.09. The molecular formula is C20H22ClN3O2. The van der Waals surface area contributed by atoms with Gasteiger partial charge in [0.15, 0.2) is 0 Å². The van der Waals surface area contributed by atoms with Gasteiger partial charge in [-0.1, -0.05) is 11.6 Å². The van der Waals surface area contributed by atoms with Crippen LogP contribution in [0.15, 0.2) is 42.6 Å². The van der Waals surface area contributed by atoms with Gasteiger partial charge in [0.25, 0.3) is 0 Å². The van der Waals surface area contributed by atoms with Gasteiger partial charge in [-0.2, -0.15) is 0 Å². The monoisotopic (exact) mass is 371 g/mol. The van der Waals surface area contributed by atoms with Crippen molar-refractivity contribution in [1.82, 2.24) is 10.3 Å². The van der Waals surface area contributed by atoms with E-state index in [4.69, 9.17) is 16.3 Å². The zero-order valence-corrected chi connectivity index (χ0v) is 15.2. The highest BCUT2D eigenvalue weighted by Crippen LogP contribution is 2.33. The molecule has 6 heteroatoms. The number of aromatic nitrogens is 1. The van der Waals surface area contributed by atoms with Crippen molar-refractivity contribution in [2.24, 2.45) is 5.92 Å². The van der Waals surface area contributed by atoms with Gasteiger partial charge < -0.3 is 15.4 Å². The Kier molecular flexibility index (Phi) is 5.09. The van der Waals surface area contributed by atoms with Crippen molar-refractivity contribution >= 4 is 23.2 Å². The summed E-state index contributed by atoms with van der Waals surface area (Å²) >= 11 is 5.81. The van der Waals surface area contributed by atoms with E-state index in [2.05, 4.69) is 15.6 Å². The molecule has 2 aromatic rings. The van der Waals surface area contributed by atoms with Crippen LogP contribution < -0.4 is 15.4 Å². The number of halogens is 1. The molecule has 0 saturated carbocycles. The molecule has 2 unspecified atom stereocenters. The van der Waals surface area contributed by atoms with Gasteiger partial charge in [-0.15, -0.1) is 0 Å². The second-order valence-corrected chi connectivity index (χ2v) is 7.61. The minimum Gasteiger partial charge on any atom is -0.439 e. The van der Waals surface area contributed by atoms with E-state index in [9.17, 15) is 4.79 Å². The van der Waals surface area contributed by atoms with Crippen LogP contribution in [-0.4, -0.2) is 23.0 Å². The molecule has 26 heavy (non-hydrogen) atoms. The fourth-order valence-corrected chi connectivity index (χ4v) is 4.08. The molecule has 136 valence electrons. The molecule has 2 aliphatic rings. The van der Waals surface area contributed by atoms with Crippen LogP contribution in [0.2, 0.25) is 5.02 Å². The van der Waals surface area contributed by atoms with Gasteiger partial charge in [0, 0.05) is 36.5 Å². The van der Waals surface area contributed by atoms with Gasteiger partial charge >= 0.3 is 0 Å². The Bertz CT molecular complexity index is 752. The molecule has 2 aliphatic heterocycles. The molecule has 2 atom stereocenters. The first-order valence-corrected chi connectivity index (χ1v) is 9.47. The fourth-order valence-electron chi connectivity index (χ4n) is 3.97. The second-order valence-electron chi connectivity index (χ2n) is 7.17.